The highest BCUT2D eigenvalue weighted by Crippen LogP contribution is 2.29. The Morgan fingerprint density at radius 3 is 2.45 bits per heavy atom. The van der Waals surface area contributed by atoms with Crippen LogP contribution < -0.4 is 10.1 Å². The lowest BCUT2D eigenvalue weighted by Gasteiger charge is -2.31. The van der Waals surface area contributed by atoms with Crippen LogP contribution in [0.1, 0.15) is 10.4 Å². The van der Waals surface area contributed by atoms with Crippen LogP contribution in [0.3, 0.4) is 0 Å². The van der Waals surface area contributed by atoms with E-state index in [-0.39, 0.29) is 21.2 Å². The first-order valence-corrected chi connectivity index (χ1v) is 10.7. The van der Waals surface area contributed by atoms with Gasteiger partial charge >= 0.3 is 0 Å². The normalized spacial score (nSPS) is 15.9. The third-order valence-electron chi connectivity index (χ3n) is 4.68. The molecule has 156 valence electrons. The van der Waals surface area contributed by atoms with Gasteiger partial charge in [-0.25, -0.2) is 12.8 Å². The number of nitrogens with zero attached hydrogens (tertiary/aromatic N) is 2. The largest absolute Gasteiger partial charge is 0.495 e. The number of nitrogens with one attached hydrogen (secondary N) is 1. The van der Waals surface area contributed by atoms with Crippen LogP contribution in [-0.4, -0.2) is 63.9 Å². The highest BCUT2D eigenvalue weighted by Gasteiger charge is 2.30. The van der Waals surface area contributed by atoms with Gasteiger partial charge in [-0.1, -0.05) is 11.6 Å². The molecule has 0 aliphatic carbocycles. The molecule has 1 aliphatic heterocycles. The predicted octanol–water partition coefficient (Wildman–Crippen LogP) is 2.68. The molecule has 0 bridgehead atoms. The summed E-state index contributed by atoms with van der Waals surface area (Å²) in [6, 6.07) is 7.96. The summed E-state index contributed by atoms with van der Waals surface area (Å²) in [6.45, 7) is 1.94. The Hall–Kier alpha value is -2.20. The van der Waals surface area contributed by atoms with E-state index in [1.54, 1.807) is 0 Å². The second-order valence-corrected chi connectivity index (χ2v) is 8.97. The first-order chi connectivity index (χ1) is 13.7. The third-order valence-corrected chi connectivity index (χ3v) is 6.89. The van der Waals surface area contributed by atoms with Crippen molar-refractivity contribution in [3.05, 3.63) is 52.8 Å². The zero-order chi connectivity index (χ0) is 21.2. The van der Waals surface area contributed by atoms with E-state index < -0.39 is 21.7 Å². The van der Waals surface area contributed by atoms with Crippen LogP contribution >= 0.6 is 11.6 Å². The monoisotopic (exact) mass is 441 g/mol. The summed E-state index contributed by atoms with van der Waals surface area (Å²) in [7, 11) is -0.537. The van der Waals surface area contributed by atoms with Crippen molar-refractivity contribution in [3.63, 3.8) is 0 Å². The van der Waals surface area contributed by atoms with Gasteiger partial charge in [0, 0.05) is 37.4 Å². The van der Waals surface area contributed by atoms with Crippen molar-refractivity contribution in [2.45, 2.75) is 4.90 Å². The lowest BCUT2D eigenvalue weighted by molar-refractivity contribution is 0.102. The van der Waals surface area contributed by atoms with Crippen molar-refractivity contribution in [2.75, 3.05) is 45.7 Å². The van der Waals surface area contributed by atoms with Gasteiger partial charge in [0.15, 0.2) is 0 Å². The van der Waals surface area contributed by atoms with Gasteiger partial charge < -0.3 is 15.0 Å². The maximum absolute atomic E-state index is 13.3. The average molecular weight is 442 g/mol. The van der Waals surface area contributed by atoms with Crippen molar-refractivity contribution in [1.82, 2.24) is 9.21 Å². The molecule has 7 nitrogen and oxygen atoms in total. The smallest absolute Gasteiger partial charge is 0.255 e. The number of likely N-dealkylation sites (N-methyl/N-ethyl adjacent to an activating group) is 1. The van der Waals surface area contributed by atoms with Crippen LogP contribution in [0.2, 0.25) is 5.02 Å². The Morgan fingerprint density at radius 1 is 1.14 bits per heavy atom. The summed E-state index contributed by atoms with van der Waals surface area (Å²) < 4.78 is 46.1. The molecule has 1 saturated heterocycles. The second kappa shape index (κ2) is 8.66. The summed E-state index contributed by atoms with van der Waals surface area (Å²) in [4.78, 5) is 14.6. The summed E-state index contributed by atoms with van der Waals surface area (Å²) in [6.07, 6.45) is 0. The summed E-state index contributed by atoms with van der Waals surface area (Å²) in [5, 5.41) is 2.45. The first kappa shape index (κ1) is 21.5. The van der Waals surface area contributed by atoms with Crippen molar-refractivity contribution < 1.29 is 22.3 Å². The number of rotatable bonds is 5. The molecule has 1 N–H and O–H groups in total. The van der Waals surface area contributed by atoms with Gasteiger partial charge in [0.1, 0.15) is 16.5 Å². The average Bonchev–Trinajstić information content (AvgIpc) is 2.70. The summed E-state index contributed by atoms with van der Waals surface area (Å²) >= 11 is 5.73. The number of hydrogen-bond donors (Lipinski definition) is 1. The summed E-state index contributed by atoms with van der Waals surface area (Å²) in [5.74, 6) is -0.995. The van der Waals surface area contributed by atoms with Crippen LogP contribution in [0, 0.1) is 5.82 Å². The molecule has 0 aromatic heterocycles. The number of hydrogen-bond acceptors (Lipinski definition) is 5. The number of benzene rings is 2. The van der Waals surface area contributed by atoms with Crippen LogP contribution in [0.15, 0.2) is 41.3 Å². The molecular formula is C19H21ClFN3O4S. The number of methoxy groups -OCH3 is 1. The molecule has 1 fully saturated rings. The standard InChI is InChI=1S/C19H21ClFN3O4S/c1-23-7-9-24(10-8-23)29(26,27)18-11-13(3-6-17(18)28-2)19(25)22-14-4-5-16(21)15(20)12-14/h3-6,11-12H,7-10H2,1-2H3,(H,22,25). The number of carbonyl (C=O) groups excluding carboxylic acids is 1. The molecule has 1 aliphatic rings. The molecule has 3 rings (SSSR count). The van der Waals surface area contributed by atoms with E-state index in [0.29, 0.717) is 31.9 Å². The molecule has 10 heteroatoms. The number of halogens is 2. The van der Waals surface area contributed by atoms with E-state index in [4.69, 9.17) is 16.3 Å². The van der Waals surface area contributed by atoms with Crippen molar-refractivity contribution in [3.8, 4) is 5.75 Å². The Labute approximate surface area is 174 Å². The predicted molar refractivity (Wildman–Crippen MR) is 109 cm³/mol. The number of ether oxygens (including phenoxy) is 1. The van der Waals surface area contributed by atoms with Crippen LogP contribution in [0.4, 0.5) is 10.1 Å². The Morgan fingerprint density at radius 2 is 1.83 bits per heavy atom. The molecule has 0 atom stereocenters. The Kier molecular flexibility index (Phi) is 6.42. The number of anilines is 1. The van der Waals surface area contributed by atoms with Gasteiger partial charge in [-0.05, 0) is 43.4 Å². The van der Waals surface area contributed by atoms with E-state index in [2.05, 4.69) is 5.32 Å². The fourth-order valence-corrected chi connectivity index (χ4v) is 4.75. The third kappa shape index (κ3) is 4.69. The van der Waals surface area contributed by atoms with E-state index in [1.165, 1.54) is 41.7 Å². The maximum Gasteiger partial charge on any atom is 0.255 e. The van der Waals surface area contributed by atoms with Crippen molar-refractivity contribution in [1.29, 1.82) is 0 Å². The molecule has 0 spiro atoms. The highest BCUT2D eigenvalue weighted by atomic mass is 35.5. The molecule has 1 amide bonds. The maximum atomic E-state index is 13.3. The topological polar surface area (TPSA) is 78.9 Å². The second-order valence-electron chi connectivity index (χ2n) is 6.66. The molecule has 1 heterocycles. The van der Waals surface area contributed by atoms with Crippen molar-refractivity contribution >= 4 is 33.2 Å². The minimum atomic E-state index is -3.84. The van der Waals surface area contributed by atoms with Gasteiger partial charge in [0.05, 0.1) is 12.1 Å². The first-order valence-electron chi connectivity index (χ1n) is 8.85. The van der Waals surface area contributed by atoms with Crippen LogP contribution in [0.25, 0.3) is 0 Å². The van der Waals surface area contributed by atoms with Gasteiger partial charge in [0.25, 0.3) is 5.91 Å². The molecule has 2 aromatic rings. The minimum absolute atomic E-state index is 0.0747. The fraction of sp³-hybridized carbons (Fsp3) is 0.316. The summed E-state index contributed by atoms with van der Waals surface area (Å²) in [5.41, 5.74) is 0.416. The van der Waals surface area contributed by atoms with Gasteiger partial charge in [0.2, 0.25) is 10.0 Å². The molecule has 0 radical (unpaired) electrons. The Bertz CT molecular complexity index is 1020. The molecule has 0 unspecified atom stereocenters. The van der Waals surface area contributed by atoms with E-state index in [1.807, 2.05) is 11.9 Å². The lowest BCUT2D eigenvalue weighted by Crippen LogP contribution is -2.47. The zero-order valence-electron chi connectivity index (χ0n) is 16.0. The van der Waals surface area contributed by atoms with Gasteiger partial charge in [-0.2, -0.15) is 4.31 Å². The number of piperazine rings is 1. The Balaban J connectivity index is 1.90. The van der Waals surface area contributed by atoms with E-state index in [0.717, 1.165) is 6.07 Å². The number of sulfonamides is 1. The van der Waals surface area contributed by atoms with Crippen molar-refractivity contribution in [2.24, 2.45) is 0 Å². The SMILES string of the molecule is COc1ccc(C(=O)Nc2ccc(F)c(Cl)c2)cc1S(=O)(=O)N1CCN(C)CC1. The fourth-order valence-electron chi connectivity index (χ4n) is 2.96. The zero-order valence-corrected chi connectivity index (χ0v) is 17.6. The molecule has 0 saturated carbocycles. The molecule has 29 heavy (non-hydrogen) atoms. The highest BCUT2D eigenvalue weighted by molar-refractivity contribution is 7.89. The van der Waals surface area contributed by atoms with Gasteiger partial charge in [-0.15, -0.1) is 0 Å². The quantitative estimate of drug-likeness (QED) is 0.771. The van der Waals surface area contributed by atoms with E-state index >= 15 is 0 Å². The van der Waals surface area contributed by atoms with Crippen LogP contribution in [0.5, 0.6) is 5.75 Å². The number of carbonyl (C=O) groups is 1. The number of amides is 1. The lowest BCUT2D eigenvalue weighted by atomic mass is 10.2. The molecular weight excluding hydrogens is 421 g/mol. The molecule has 2 aromatic carbocycles. The van der Waals surface area contributed by atoms with E-state index in [9.17, 15) is 17.6 Å². The van der Waals surface area contributed by atoms with Crippen LogP contribution in [-0.2, 0) is 10.0 Å². The van der Waals surface area contributed by atoms with Gasteiger partial charge in [-0.3, -0.25) is 4.79 Å². The minimum Gasteiger partial charge on any atom is -0.495 e.